The topological polar surface area (TPSA) is 80.4 Å². The second-order valence-corrected chi connectivity index (χ2v) is 4.70. The van der Waals surface area contributed by atoms with Crippen LogP contribution < -0.4 is 0 Å². The van der Waals surface area contributed by atoms with Crippen LogP contribution in [0.15, 0.2) is 17.0 Å². The minimum atomic E-state index is -1.43. The van der Waals surface area contributed by atoms with Crippen molar-refractivity contribution in [1.82, 2.24) is 0 Å². The largest absolute Gasteiger partial charge is 0.477 e. The number of benzene rings is 1. The Bertz CT molecular complexity index is 478. The molecule has 0 atom stereocenters. The SMILES string of the molecule is CCCCSc1cc(C(=O)O)c([N+](=O)[O-])cc1F. The third-order valence-corrected chi connectivity index (χ3v) is 3.35. The fourth-order valence-electron chi connectivity index (χ4n) is 1.30. The van der Waals surface area contributed by atoms with Crippen LogP contribution in [0.5, 0.6) is 0 Å². The van der Waals surface area contributed by atoms with E-state index in [1.807, 2.05) is 6.92 Å². The van der Waals surface area contributed by atoms with Crippen LogP contribution in [0.3, 0.4) is 0 Å². The van der Waals surface area contributed by atoms with Gasteiger partial charge in [-0.15, -0.1) is 11.8 Å². The minimum Gasteiger partial charge on any atom is -0.477 e. The standard InChI is InChI=1S/C11H12FNO4S/c1-2-3-4-18-10-5-7(11(14)15)9(13(16)17)6-8(10)12/h5-6H,2-4H2,1H3,(H,14,15). The Morgan fingerprint density at radius 1 is 1.56 bits per heavy atom. The quantitative estimate of drug-likeness (QED) is 0.372. The van der Waals surface area contributed by atoms with Gasteiger partial charge in [-0.1, -0.05) is 13.3 Å². The van der Waals surface area contributed by atoms with Gasteiger partial charge in [0.1, 0.15) is 11.4 Å². The maximum Gasteiger partial charge on any atom is 0.342 e. The molecule has 1 aromatic rings. The van der Waals surface area contributed by atoms with Gasteiger partial charge >= 0.3 is 5.97 Å². The molecule has 0 bridgehead atoms. The van der Waals surface area contributed by atoms with E-state index in [1.54, 1.807) is 0 Å². The number of unbranched alkanes of at least 4 members (excludes halogenated alkanes) is 1. The number of carbonyl (C=O) groups is 1. The second-order valence-electron chi connectivity index (χ2n) is 3.56. The molecule has 0 fully saturated rings. The van der Waals surface area contributed by atoms with E-state index in [2.05, 4.69) is 0 Å². The van der Waals surface area contributed by atoms with Crippen molar-refractivity contribution in [2.75, 3.05) is 5.75 Å². The molecule has 1 N–H and O–H groups in total. The van der Waals surface area contributed by atoms with E-state index in [-0.39, 0.29) is 4.90 Å². The van der Waals surface area contributed by atoms with Gasteiger partial charge in [0.05, 0.1) is 11.0 Å². The molecule has 0 saturated heterocycles. The number of nitro benzene ring substituents is 1. The lowest BCUT2D eigenvalue weighted by molar-refractivity contribution is -0.385. The normalized spacial score (nSPS) is 10.3. The number of hydrogen-bond acceptors (Lipinski definition) is 4. The zero-order valence-electron chi connectivity index (χ0n) is 9.68. The predicted octanol–water partition coefficient (Wildman–Crippen LogP) is 3.32. The number of thioether (sulfide) groups is 1. The molecule has 0 unspecified atom stereocenters. The summed E-state index contributed by atoms with van der Waals surface area (Å²) >= 11 is 1.16. The highest BCUT2D eigenvalue weighted by Crippen LogP contribution is 2.29. The Labute approximate surface area is 107 Å². The van der Waals surface area contributed by atoms with Gasteiger partial charge in [0.15, 0.2) is 0 Å². The van der Waals surface area contributed by atoms with Crippen LogP contribution in [0.2, 0.25) is 0 Å². The molecule has 0 heterocycles. The number of rotatable bonds is 6. The summed E-state index contributed by atoms with van der Waals surface area (Å²) in [5.74, 6) is -1.54. The first-order valence-corrected chi connectivity index (χ1v) is 6.30. The van der Waals surface area contributed by atoms with Crippen LogP contribution in [-0.4, -0.2) is 21.8 Å². The summed E-state index contributed by atoms with van der Waals surface area (Å²) in [6.07, 6.45) is 1.80. The van der Waals surface area contributed by atoms with Crippen molar-refractivity contribution >= 4 is 23.4 Å². The molecule has 18 heavy (non-hydrogen) atoms. The summed E-state index contributed by atoms with van der Waals surface area (Å²) in [7, 11) is 0. The molecule has 0 aromatic heterocycles. The van der Waals surface area contributed by atoms with Gasteiger partial charge in [-0.2, -0.15) is 0 Å². The minimum absolute atomic E-state index is 0.131. The van der Waals surface area contributed by atoms with Gasteiger partial charge in [0.2, 0.25) is 0 Å². The van der Waals surface area contributed by atoms with Crippen molar-refractivity contribution in [3.63, 3.8) is 0 Å². The van der Waals surface area contributed by atoms with Crippen molar-refractivity contribution in [2.24, 2.45) is 0 Å². The number of halogens is 1. The smallest absolute Gasteiger partial charge is 0.342 e. The van der Waals surface area contributed by atoms with Gasteiger partial charge in [-0.05, 0) is 18.2 Å². The van der Waals surface area contributed by atoms with Crippen LogP contribution in [-0.2, 0) is 0 Å². The Kier molecular flexibility index (Phi) is 5.08. The van der Waals surface area contributed by atoms with Crippen molar-refractivity contribution in [2.45, 2.75) is 24.7 Å². The zero-order chi connectivity index (χ0) is 13.7. The maximum atomic E-state index is 13.6. The molecule has 1 aromatic carbocycles. The first-order valence-electron chi connectivity index (χ1n) is 5.31. The monoisotopic (exact) mass is 273 g/mol. The number of carboxylic acid groups (broad SMARTS) is 1. The van der Waals surface area contributed by atoms with Crippen LogP contribution in [0.1, 0.15) is 30.1 Å². The second kappa shape index (κ2) is 6.34. The van der Waals surface area contributed by atoms with Gasteiger partial charge in [0.25, 0.3) is 5.69 Å². The summed E-state index contributed by atoms with van der Waals surface area (Å²) in [4.78, 5) is 20.7. The average Bonchev–Trinajstić information content (AvgIpc) is 2.30. The Balaban J connectivity index is 3.11. The lowest BCUT2D eigenvalue weighted by atomic mass is 10.2. The molecule has 7 heteroatoms. The van der Waals surface area contributed by atoms with Crippen molar-refractivity contribution in [1.29, 1.82) is 0 Å². The lowest BCUT2D eigenvalue weighted by Gasteiger charge is -2.05. The van der Waals surface area contributed by atoms with E-state index in [0.717, 1.165) is 30.7 Å². The van der Waals surface area contributed by atoms with Crippen LogP contribution in [0.25, 0.3) is 0 Å². The molecular formula is C11H12FNO4S. The van der Waals surface area contributed by atoms with E-state index in [4.69, 9.17) is 5.11 Å². The van der Waals surface area contributed by atoms with Crippen LogP contribution >= 0.6 is 11.8 Å². The van der Waals surface area contributed by atoms with E-state index in [1.165, 1.54) is 0 Å². The Morgan fingerprint density at radius 3 is 2.72 bits per heavy atom. The highest BCUT2D eigenvalue weighted by molar-refractivity contribution is 7.99. The van der Waals surface area contributed by atoms with Gasteiger partial charge < -0.3 is 5.11 Å². The summed E-state index contributed by atoms with van der Waals surface area (Å²) in [5, 5.41) is 19.5. The first-order chi connectivity index (χ1) is 8.47. The van der Waals surface area contributed by atoms with Crippen molar-refractivity contribution in [3.8, 4) is 0 Å². The van der Waals surface area contributed by atoms with E-state index in [9.17, 15) is 19.3 Å². The number of aromatic carboxylic acids is 1. The first kappa shape index (κ1) is 14.4. The Hall–Kier alpha value is -1.63. The highest BCUT2D eigenvalue weighted by atomic mass is 32.2. The third kappa shape index (κ3) is 3.43. The number of nitro groups is 1. The Morgan fingerprint density at radius 2 is 2.22 bits per heavy atom. The maximum absolute atomic E-state index is 13.6. The molecule has 0 aliphatic carbocycles. The van der Waals surface area contributed by atoms with Crippen LogP contribution in [0.4, 0.5) is 10.1 Å². The number of hydrogen-bond donors (Lipinski definition) is 1. The summed E-state index contributed by atoms with van der Waals surface area (Å²) in [6, 6.07) is 1.69. The lowest BCUT2D eigenvalue weighted by Crippen LogP contribution is -2.04. The molecule has 0 aliphatic rings. The van der Waals surface area contributed by atoms with Crippen LogP contribution in [0, 0.1) is 15.9 Å². The molecular weight excluding hydrogens is 261 g/mol. The van der Waals surface area contributed by atoms with E-state index in [0.29, 0.717) is 11.8 Å². The van der Waals surface area contributed by atoms with Crippen molar-refractivity contribution < 1.29 is 19.2 Å². The molecule has 0 radical (unpaired) electrons. The molecule has 98 valence electrons. The van der Waals surface area contributed by atoms with Gasteiger partial charge in [-0.3, -0.25) is 10.1 Å². The molecule has 0 aliphatic heterocycles. The number of nitrogens with zero attached hydrogens (tertiary/aromatic N) is 1. The summed E-state index contributed by atoms with van der Waals surface area (Å²) in [5.41, 5.74) is -1.21. The summed E-state index contributed by atoms with van der Waals surface area (Å²) in [6.45, 7) is 1.98. The number of carboxylic acids is 1. The molecule has 0 spiro atoms. The zero-order valence-corrected chi connectivity index (χ0v) is 10.5. The predicted molar refractivity (Wildman–Crippen MR) is 65.6 cm³/mol. The fourth-order valence-corrected chi connectivity index (χ4v) is 2.35. The van der Waals surface area contributed by atoms with Gasteiger partial charge in [0, 0.05) is 4.90 Å². The van der Waals surface area contributed by atoms with E-state index < -0.39 is 28.0 Å². The summed E-state index contributed by atoms with van der Waals surface area (Å²) < 4.78 is 13.6. The third-order valence-electron chi connectivity index (χ3n) is 2.23. The van der Waals surface area contributed by atoms with Gasteiger partial charge in [-0.25, -0.2) is 9.18 Å². The fraction of sp³-hybridized carbons (Fsp3) is 0.364. The average molecular weight is 273 g/mol. The molecule has 5 nitrogen and oxygen atoms in total. The molecule has 0 saturated carbocycles. The van der Waals surface area contributed by atoms with Crippen molar-refractivity contribution in [3.05, 3.63) is 33.6 Å². The molecule has 0 amide bonds. The van der Waals surface area contributed by atoms with E-state index >= 15 is 0 Å². The highest BCUT2D eigenvalue weighted by Gasteiger charge is 2.23. The molecule has 1 rings (SSSR count).